The van der Waals surface area contributed by atoms with Crippen LogP contribution in [-0.4, -0.2) is 43.3 Å². The van der Waals surface area contributed by atoms with Gasteiger partial charge in [0.2, 0.25) is 0 Å². The monoisotopic (exact) mass is 276 g/mol. The van der Waals surface area contributed by atoms with Crippen LogP contribution in [0.25, 0.3) is 0 Å². The molecule has 1 unspecified atom stereocenters. The molecule has 1 fully saturated rings. The van der Waals surface area contributed by atoms with Gasteiger partial charge in [0.1, 0.15) is 0 Å². The minimum Gasteiger partial charge on any atom is -0.379 e. The SMILES string of the molecule is CCNC(c1ccc(C)cc1)C(C)(C)N1CCOCC1. The average Bonchev–Trinajstić information content (AvgIpc) is 2.47. The fraction of sp³-hybridized carbons (Fsp3) is 0.647. The molecule has 1 aromatic carbocycles. The standard InChI is InChI=1S/C17H28N2O/c1-5-18-16(15-8-6-14(2)7-9-15)17(3,4)19-10-12-20-13-11-19/h6-9,16,18H,5,10-13H2,1-4H3. The normalized spacial score (nSPS) is 19.0. The predicted molar refractivity (Wildman–Crippen MR) is 84.1 cm³/mol. The van der Waals surface area contributed by atoms with Gasteiger partial charge in [-0.3, -0.25) is 4.90 Å². The number of aryl methyl sites for hydroxylation is 1. The van der Waals surface area contributed by atoms with E-state index in [0.29, 0.717) is 6.04 Å². The molecule has 1 aromatic rings. The van der Waals surface area contributed by atoms with Gasteiger partial charge in [-0.1, -0.05) is 36.8 Å². The second kappa shape index (κ2) is 6.70. The Labute approximate surface area is 123 Å². The van der Waals surface area contributed by atoms with Crippen molar-refractivity contribution in [2.45, 2.75) is 39.3 Å². The highest BCUT2D eigenvalue weighted by Gasteiger charge is 2.36. The van der Waals surface area contributed by atoms with Gasteiger partial charge in [-0.25, -0.2) is 0 Å². The number of likely N-dealkylation sites (N-methyl/N-ethyl adjacent to an activating group) is 1. The highest BCUT2D eigenvalue weighted by Crippen LogP contribution is 2.31. The summed E-state index contributed by atoms with van der Waals surface area (Å²) < 4.78 is 5.49. The summed E-state index contributed by atoms with van der Waals surface area (Å²) in [6, 6.07) is 9.26. The predicted octanol–water partition coefficient (Wildman–Crippen LogP) is 2.76. The first-order valence-electron chi connectivity index (χ1n) is 7.68. The second-order valence-corrected chi connectivity index (χ2v) is 6.15. The van der Waals surface area contributed by atoms with Gasteiger partial charge in [-0.05, 0) is 32.9 Å². The zero-order valence-electron chi connectivity index (χ0n) is 13.3. The molecule has 1 heterocycles. The molecule has 1 atom stereocenters. The Kier molecular flexibility index (Phi) is 5.19. The molecule has 1 aliphatic heterocycles. The summed E-state index contributed by atoms with van der Waals surface area (Å²) in [4.78, 5) is 2.55. The zero-order valence-corrected chi connectivity index (χ0v) is 13.3. The van der Waals surface area contributed by atoms with Crippen LogP contribution in [0, 0.1) is 6.92 Å². The van der Waals surface area contributed by atoms with E-state index in [2.05, 4.69) is 62.2 Å². The van der Waals surface area contributed by atoms with Crippen molar-refractivity contribution in [3.8, 4) is 0 Å². The maximum atomic E-state index is 5.49. The molecular formula is C17H28N2O. The fourth-order valence-electron chi connectivity index (χ4n) is 3.06. The van der Waals surface area contributed by atoms with Crippen LogP contribution in [0.4, 0.5) is 0 Å². The van der Waals surface area contributed by atoms with E-state index < -0.39 is 0 Å². The molecule has 3 nitrogen and oxygen atoms in total. The van der Waals surface area contributed by atoms with Crippen LogP contribution in [0.1, 0.15) is 37.9 Å². The summed E-state index contributed by atoms with van der Waals surface area (Å²) in [5.74, 6) is 0. The first kappa shape index (κ1) is 15.5. The first-order valence-corrected chi connectivity index (χ1v) is 7.68. The molecule has 3 heteroatoms. The minimum atomic E-state index is 0.0784. The number of hydrogen-bond acceptors (Lipinski definition) is 3. The Balaban J connectivity index is 2.23. The van der Waals surface area contributed by atoms with E-state index in [1.54, 1.807) is 0 Å². The number of nitrogens with one attached hydrogen (secondary N) is 1. The van der Waals surface area contributed by atoms with Gasteiger partial charge in [0.15, 0.2) is 0 Å². The molecule has 0 saturated carbocycles. The van der Waals surface area contributed by atoms with E-state index in [0.717, 1.165) is 32.8 Å². The van der Waals surface area contributed by atoms with E-state index in [4.69, 9.17) is 4.74 Å². The molecule has 1 aliphatic rings. The molecule has 112 valence electrons. The van der Waals surface area contributed by atoms with Gasteiger partial charge in [0, 0.05) is 18.6 Å². The third-order valence-electron chi connectivity index (χ3n) is 4.35. The van der Waals surface area contributed by atoms with Crippen molar-refractivity contribution in [1.82, 2.24) is 10.2 Å². The molecule has 0 bridgehead atoms. The van der Waals surface area contributed by atoms with Crippen molar-refractivity contribution in [1.29, 1.82) is 0 Å². The van der Waals surface area contributed by atoms with E-state index in [1.165, 1.54) is 11.1 Å². The molecule has 0 radical (unpaired) electrons. The maximum Gasteiger partial charge on any atom is 0.0594 e. The maximum absolute atomic E-state index is 5.49. The number of hydrogen-bond donors (Lipinski definition) is 1. The van der Waals surface area contributed by atoms with Crippen molar-refractivity contribution < 1.29 is 4.74 Å². The summed E-state index contributed by atoms with van der Waals surface area (Å²) in [6.45, 7) is 13.7. The van der Waals surface area contributed by atoms with E-state index in [9.17, 15) is 0 Å². The summed E-state index contributed by atoms with van der Waals surface area (Å²) in [7, 11) is 0. The van der Waals surface area contributed by atoms with Crippen molar-refractivity contribution in [3.05, 3.63) is 35.4 Å². The summed E-state index contributed by atoms with van der Waals surface area (Å²) in [5, 5.41) is 3.67. The quantitative estimate of drug-likeness (QED) is 0.895. The van der Waals surface area contributed by atoms with Crippen LogP contribution in [0.2, 0.25) is 0 Å². The molecule has 0 aromatic heterocycles. The lowest BCUT2D eigenvalue weighted by Crippen LogP contribution is -2.56. The molecule has 1 saturated heterocycles. The van der Waals surface area contributed by atoms with Crippen LogP contribution in [0.3, 0.4) is 0 Å². The second-order valence-electron chi connectivity index (χ2n) is 6.15. The third kappa shape index (κ3) is 3.40. The van der Waals surface area contributed by atoms with Crippen molar-refractivity contribution >= 4 is 0 Å². The van der Waals surface area contributed by atoms with E-state index >= 15 is 0 Å². The number of ether oxygens (including phenoxy) is 1. The fourth-order valence-corrected chi connectivity index (χ4v) is 3.06. The Morgan fingerprint density at radius 1 is 1.20 bits per heavy atom. The van der Waals surface area contributed by atoms with Crippen molar-refractivity contribution in [2.24, 2.45) is 0 Å². The number of morpholine rings is 1. The van der Waals surface area contributed by atoms with Crippen LogP contribution >= 0.6 is 0 Å². The Bertz CT molecular complexity index is 408. The molecule has 0 amide bonds. The van der Waals surface area contributed by atoms with Crippen LogP contribution < -0.4 is 5.32 Å². The third-order valence-corrected chi connectivity index (χ3v) is 4.35. The topological polar surface area (TPSA) is 24.5 Å². The summed E-state index contributed by atoms with van der Waals surface area (Å²) in [5.41, 5.74) is 2.76. The number of nitrogens with zero attached hydrogens (tertiary/aromatic N) is 1. The van der Waals surface area contributed by atoms with Crippen LogP contribution in [0.15, 0.2) is 24.3 Å². The van der Waals surface area contributed by atoms with Gasteiger partial charge in [-0.2, -0.15) is 0 Å². The Morgan fingerprint density at radius 2 is 1.80 bits per heavy atom. The number of benzene rings is 1. The van der Waals surface area contributed by atoms with Gasteiger partial charge in [-0.15, -0.1) is 0 Å². The Morgan fingerprint density at radius 3 is 2.35 bits per heavy atom. The summed E-state index contributed by atoms with van der Waals surface area (Å²) in [6.07, 6.45) is 0. The Hall–Kier alpha value is -0.900. The lowest BCUT2D eigenvalue weighted by Gasteiger charge is -2.46. The average molecular weight is 276 g/mol. The van der Waals surface area contributed by atoms with E-state index in [-0.39, 0.29) is 5.54 Å². The molecule has 0 spiro atoms. The largest absolute Gasteiger partial charge is 0.379 e. The first-order chi connectivity index (χ1) is 9.55. The van der Waals surface area contributed by atoms with Gasteiger partial charge in [0.25, 0.3) is 0 Å². The van der Waals surface area contributed by atoms with Gasteiger partial charge < -0.3 is 10.1 Å². The smallest absolute Gasteiger partial charge is 0.0594 e. The van der Waals surface area contributed by atoms with Gasteiger partial charge >= 0.3 is 0 Å². The van der Waals surface area contributed by atoms with Crippen molar-refractivity contribution in [3.63, 3.8) is 0 Å². The van der Waals surface area contributed by atoms with Crippen molar-refractivity contribution in [2.75, 3.05) is 32.8 Å². The molecular weight excluding hydrogens is 248 g/mol. The zero-order chi connectivity index (χ0) is 14.6. The lowest BCUT2D eigenvalue weighted by atomic mass is 9.86. The highest BCUT2D eigenvalue weighted by molar-refractivity contribution is 5.26. The molecule has 0 aliphatic carbocycles. The summed E-state index contributed by atoms with van der Waals surface area (Å²) >= 11 is 0. The van der Waals surface area contributed by atoms with Gasteiger partial charge in [0.05, 0.1) is 19.3 Å². The molecule has 20 heavy (non-hydrogen) atoms. The van der Waals surface area contributed by atoms with Crippen LogP contribution in [-0.2, 0) is 4.74 Å². The van der Waals surface area contributed by atoms with E-state index in [1.807, 2.05) is 0 Å². The molecule has 1 N–H and O–H groups in total. The minimum absolute atomic E-state index is 0.0784. The molecule has 2 rings (SSSR count). The van der Waals surface area contributed by atoms with Crippen LogP contribution in [0.5, 0.6) is 0 Å². The highest BCUT2D eigenvalue weighted by atomic mass is 16.5. The lowest BCUT2D eigenvalue weighted by molar-refractivity contribution is -0.0236. The number of rotatable bonds is 5.